The normalized spacial score (nSPS) is 19.8. The first kappa shape index (κ1) is 14.7. The highest BCUT2D eigenvalue weighted by Crippen LogP contribution is 2.27. The first-order valence-electron chi connectivity index (χ1n) is 6.86. The molecule has 1 fully saturated rings. The first-order valence-corrected chi connectivity index (χ1v) is 6.86. The van der Waals surface area contributed by atoms with Gasteiger partial charge in [-0.05, 0) is 43.0 Å². The lowest BCUT2D eigenvalue weighted by molar-refractivity contribution is -0.142. The van der Waals surface area contributed by atoms with Gasteiger partial charge in [0.2, 0.25) is 0 Å². The molecule has 2 unspecified atom stereocenters. The van der Waals surface area contributed by atoms with Crippen molar-refractivity contribution in [1.29, 1.82) is 0 Å². The van der Waals surface area contributed by atoms with Crippen LogP contribution in [-0.2, 0) is 9.53 Å². The van der Waals surface area contributed by atoms with E-state index in [2.05, 4.69) is 21.8 Å². The predicted octanol–water partition coefficient (Wildman–Crippen LogP) is 1.41. The van der Waals surface area contributed by atoms with Gasteiger partial charge in [-0.2, -0.15) is 0 Å². The minimum Gasteiger partial charge on any atom is -0.497 e. The summed E-state index contributed by atoms with van der Waals surface area (Å²) < 4.78 is 9.83. The van der Waals surface area contributed by atoms with Gasteiger partial charge in [0, 0.05) is 18.8 Å². The van der Waals surface area contributed by atoms with Crippen molar-refractivity contribution in [2.75, 3.05) is 32.2 Å². The molecule has 0 radical (unpaired) electrons. The third kappa shape index (κ3) is 3.42. The summed E-state index contributed by atoms with van der Waals surface area (Å²) in [5.41, 5.74) is 7.00. The van der Waals surface area contributed by atoms with Gasteiger partial charge in [0.1, 0.15) is 11.8 Å². The lowest BCUT2D eigenvalue weighted by Crippen LogP contribution is -2.34. The van der Waals surface area contributed by atoms with Gasteiger partial charge in [-0.25, -0.2) is 0 Å². The van der Waals surface area contributed by atoms with Crippen LogP contribution in [0.2, 0.25) is 0 Å². The number of nitrogens with zero attached hydrogens (tertiary/aromatic N) is 1. The molecule has 1 heterocycles. The number of hydrogen-bond acceptors (Lipinski definition) is 5. The van der Waals surface area contributed by atoms with Gasteiger partial charge in [0.25, 0.3) is 0 Å². The number of nitrogens with two attached hydrogens (primary N) is 1. The number of benzene rings is 1. The van der Waals surface area contributed by atoms with Crippen LogP contribution in [0.15, 0.2) is 24.3 Å². The minimum absolute atomic E-state index is 0.326. The van der Waals surface area contributed by atoms with Crippen LogP contribution in [0.4, 0.5) is 5.69 Å². The van der Waals surface area contributed by atoms with Crippen LogP contribution in [0.5, 0.6) is 5.75 Å². The topological polar surface area (TPSA) is 64.8 Å². The molecule has 1 aromatic carbocycles. The molecule has 0 saturated carbocycles. The van der Waals surface area contributed by atoms with Crippen LogP contribution < -0.4 is 15.4 Å². The highest BCUT2D eigenvalue weighted by atomic mass is 16.5. The van der Waals surface area contributed by atoms with Crippen molar-refractivity contribution in [2.45, 2.75) is 18.9 Å². The number of ether oxygens (including phenoxy) is 2. The number of anilines is 1. The van der Waals surface area contributed by atoms with E-state index in [4.69, 9.17) is 10.5 Å². The molecule has 110 valence electrons. The van der Waals surface area contributed by atoms with E-state index >= 15 is 0 Å². The van der Waals surface area contributed by atoms with Crippen LogP contribution in [-0.4, -0.2) is 39.3 Å². The Bertz CT molecular complexity index is 447. The SMILES string of the molecule is COC(=O)C(N)CC1CCN(c2ccc(OC)cc2)C1. The molecule has 5 heteroatoms. The lowest BCUT2D eigenvalue weighted by Gasteiger charge is -2.19. The second-order valence-corrected chi connectivity index (χ2v) is 5.16. The van der Waals surface area contributed by atoms with Gasteiger partial charge < -0.3 is 20.1 Å². The van der Waals surface area contributed by atoms with Crippen molar-refractivity contribution in [3.8, 4) is 5.75 Å². The summed E-state index contributed by atoms with van der Waals surface area (Å²) >= 11 is 0. The maximum atomic E-state index is 11.3. The zero-order valence-corrected chi connectivity index (χ0v) is 12.0. The first-order chi connectivity index (χ1) is 9.63. The summed E-state index contributed by atoms with van der Waals surface area (Å²) in [6, 6.07) is 7.52. The number of rotatable bonds is 5. The highest BCUT2D eigenvalue weighted by molar-refractivity contribution is 5.75. The summed E-state index contributed by atoms with van der Waals surface area (Å²) in [5.74, 6) is 0.969. The van der Waals surface area contributed by atoms with Gasteiger partial charge in [-0.1, -0.05) is 0 Å². The van der Waals surface area contributed by atoms with Crippen LogP contribution in [0.1, 0.15) is 12.8 Å². The van der Waals surface area contributed by atoms with E-state index in [9.17, 15) is 4.79 Å². The summed E-state index contributed by atoms with van der Waals surface area (Å²) in [6.07, 6.45) is 1.73. The van der Waals surface area contributed by atoms with E-state index in [1.165, 1.54) is 12.8 Å². The maximum Gasteiger partial charge on any atom is 0.322 e. The van der Waals surface area contributed by atoms with Crippen molar-refractivity contribution in [3.63, 3.8) is 0 Å². The third-order valence-electron chi connectivity index (χ3n) is 3.81. The molecule has 2 atom stereocenters. The van der Waals surface area contributed by atoms with Crippen LogP contribution >= 0.6 is 0 Å². The average molecular weight is 278 g/mol. The molecule has 0 amide bonds. The van der Waals surface area contributed by atoms with Crippen molar-refractivity contribution < 1.29 is 14.3 Å². The molecule has 2 N–H and O–H groups in total. The van der Waals surface area contributed by atoms with Gasteiger partial charge in [0.15, 0.2) is 0 Å². The fourth-order valence-corrected chi connectivity index (χ4v) is 2.66. The van der Waals surface area contributed by atoms with Crippen molar-refractivity contribution in [3.05, 3.63) is 24.3 Å². The Balaban J connectivity index is 1.89. The Morgan fingerprint density at radius 3 is 2.70 bits per heavy atom. The molecule has 1 aliphatic heterocycles. The molecule has 0 aromatic heterocycles. The van der Waals surface area contributed by atoms with E-state index in [1.54, 1.807) is 7.11 Å². The Hall–Kier alpha value is -1.75. The number of carbonyl (C=O) groups is 1. The fourth-order valence-electron chi connectivity index (χ4n) is 2.66. The van der Waals surface area contributed by atoms with Gasteiger partial charge in [-0.15, -0.1) is 0 Å². The Kier molecular flexibility index (Phi) is 4.84. The van der Waals surface area contributed by atoms with Gasteiger partial charge >= 0.3 is 5.97 Å². The Labute approximate surface area is 119 Å². The minimum atomic E-state index is -0.513. The predicted molar refractivity (Wildman–Crippen MR) is 77.9 cm³/mol. The highest BCUT2D eigenvalue weighted by Gasteiger charge is 2.27. The van der Waals surface area contributed by atoms with Crippen molar-refractivity contribution in [2.24, 2.45) is 11.7 Å². The van der Waals surface area contributed by atoms with Crippen molar-refractivity contribution >= 4 is 11.7 Å². The summed E-state index contributed by atoms with van der Waals surface area (Å²) in [4.78, 5) is 13.7. The van der Waals surface area contributed by atoms with E-state index in [1.807, 2.05) is 12.1 Å². The largest absolute Gasteiger partial charge is 0.497 e. The molecule has 1 aromatic rings. The number of methoxy groups -OCH3 is 2. The Morgan fingerprint density at radius 1 is 1.40 bits per heavy atom. The van der Waals surface area contributed by atoms with Gasteiger partial charge in [-0.3, -0.25) is 4.79 Å². The summed E-state index contributed by atoms with van der Waals surface area (Å²) in [7, 11) is 3.04. The molecule has 1 saturated heterocycles. The smallest absolute Gasteiger partial charge is 0.322 e. The van der Waals surface area contributed by atoms with E-state index < -0.39 is 6.04 Å². The maximum absolute atomic E-state index is 11.3. The molecule has 0 aliphatic carbocycles. The van der Waals surface area contributed by atoms with E-state index in [-0.39, 0.29) is 5.97 Å². The van der Waals surface area contributed by atoms with Crippen LogP contribution in [0, 0.1) is 5.92 Å². The molecular formula is C15H22N2O3. The second kappa shape index (κ2) is 6.61. The molecule has 2 rings (SSSR count). The number of esters is 1. The fraction of sp³-hybridized carbons (Fsp3) is 0.533. The molecule has 1 aliphatic rings. The van der Waals surface area contributed by atoms with Crippen LogP contribution in [0.25, 0.3) is 0 Å². The lowest BCUT2D eigenvalue weighted by atomic mass is 10.00. The molecule has 0 spiro atoms. The molecule has 0 bridgehead atoms. The molecule has 5 nitrogen and oxygen atoms in total. The van der Waals surface area contributed by atoms with E-state index in [0.717, 1.165) is 25.3 Å². The number of carbonyl (C=O) groups excluding carboxylic acids is 1. The zero-order chi connectivity index (χ0) is 14.5. The zero-order valence-electron chi connectivity index (χ0n) is 12.0. The Morgan fingerprint density at radius 2 is 2.10 bits per heavy atom. The molecular weight excluding hydrogens is 256 g/mol. The standard InChI is InChI=1S/C15H22N2O3/c1-19-13-5-3-12(4-6-13)17-8-7-11(10-17)9-14(16)15(18)20-2/h3-6,11,14H,7-10,16H2,1-2H3. The van der Waals surface area contributed by atoms with Gasteiger partial charge in [0.05, 0.1) is 14.2 Å². The summed E-state index contributed by atoms with van der Waals surface area (Å²) in [5, 5.41) is 0. The van der Waals surface area contributed by atoms with Crippen LogP contribution in [0.3, 0.4) is 0 Å². The monoisotopic (exact) mass is 278 g/mol. The molecule has 20 heavy (non-hydrogen) atoms. The third-order valence-corrected chi connectivity index (χ3v) is 3.81. The second-order valence-electron chi connectivity index (χ2n) is 5.16. The number of hydrogen-bond donors (Lipinski definition) is 1. The van der Waals surface area contributed by atoms with E-state index in [0.29, 0.717) is 12.3 Å². The quantitative estimate of drug-likeness (QED) is 0.825. The summed E-state index contributed by atoms with van der Waals surface area (Å²) in [6.45, 7) is 1.92. The van der Waals surface area contributed by atoms with Crippen molar-refractivity contribution in [1.82, 2.24) is 0 Å². The average Bonchev–Trinajstić information content (AvgIpc) is 2.94.